The first-order chi connectivity index (χ1) is 9.97. The molecule has 0 bridgehead atoms. The topological polar surface area (TPSA) is 78.5 Å². The molecule has 1 atom stereocenters. The molecule has 1 aliphatic heterocycles. The molecule has 0 unspecified atom stereocenters. The number of nitrogens with one attached hydrogen (secondary N) is 2. The number of nitrogens with zero attached hydrogens (tertiary/aromatic N) is 1. The number of halogens is 1. The highest BCUT2D eigenvalue weighted by atomic mass is 35.5. The van der Waals surface area contributed by atoms with Gasteiger partial charge in [-0.2, -0.15) is 0 Å². The second-order valence-corrected chi connectivity index (χ2v) is 5.29. The van der Waals surface area contributed by atoms with Crippen LogP contribution in [-0.4, -0.2) is 42.3 Å². The van der Waals surface area contributed by atoms with Gasteiger partial charge < -0.3 is 15.5 Å². The molecule has 0 aliphatic carbocycles. The first-order valence-corrected chi connectivity index (χ1v) is 6.94. The summed E-state index contributed by atoms with van der Waals surface area (Å²) in [5.74, 6) is -0.749. The van der Waals surface area contributed by atoms with Gasteiger partial charge in [-0.05, 0) is 18.6 Å². The van der Waals surface area contributed by atoms with Crippen LogP contribution in [0.15, 0.2) is 24.3 Å². The molecule has 2 rings (SSSR count). The van der Waals surface area contributed by atoms with E-state index in [4.69, 9.17) is 11.6 Å². The molecule has 1 saturated heterocycles. The Kier molecular flexibility index (Phi) is 4.80. The van der Waals surface area contributed by atoms with Gasteiger partial charge in [-0.1, -0.05) is 23.7 Å². The van der Waals surface area contributed by atoms with E-state index in [0.717, 1.165) is 0 Å². The maximum atomic E-state index is 12.1. The molecular formula is C14H16ClN3O3. The normalized spacial score (nSPS) is 17.2. The third-order valence-corrected chi connectivity index (χ3v) is 3.53. The van der Waals surface area contributed by atoms with Crippen LogP contribution in [0.3, 0.4) is 0 Å². The van der Waals surface area contributed by atoms with Gasteiger partial charge in [0.15, 0.2) is 0 Å². The van der Waals surface area contributed by atoms with Crippen molar-refractivity contribution in [1.29, 1.82) is 0 Å². The van der Waals surface area contributed by atoms with Gasteiger partial charge in [0.1, 0.15) is 6.04 Å². The van der Waals surface area contributed by atoms with E-state index in [9.17, 15) is 14.4 Å². The summed E-state index contributed by atoms with van der Waals surface area (Å²) in [6.45, 7) is -0.101. The van der Waals surface area contributed by atoms with E-state index in [1.807, 2.05) is 0 Å². The van der Waals surface area contributed by atoms with Crippen LogP contribution >= 0.6 is 11.6 Å². The van der Waals surface area contributed by atoms with E-state index in [0.29, 0.717) is 23.6 Å². The molecule has 0 aromatic heterocycles. The zero-order valence-corrected chi connectivity index (χ0v) is 12.3. The molecule has 0 spiro atoms. The van der Waals surface area contributed by atoms with Gasteiger partial charge in [-0.25, -0.2) is 0 Å². The Bertz CT molecular complexity index is 576. The van der Waals surface area contributed by atoms with Crippen molar-refractivity contribution in [3.8, 4) is 0 Å². The first-order valence-electron chi connectivity index (χ1n) is 6.56. The molecule has 1 fully saturated rings. The van der Waals surface area contributed by atoms with Crippen LogP contribution in [0.1, 0.15) is 12.8 Å². The summed E-state index contributed by atoms with van der Waals surface area (Å²) < 4.78 is 0. The van der Waals surface area contributed by atoms with Crippen molar-refractivity contribution < 1.29 is 14.4 Å². The Labute approximate surface area is 127 Å². The molecule has 0 saturated carbocycles. The van der Waals surface area contributed by atoms with E-state index in [1.165, 1.54) is 11.9 Å². The standard InChI is InChI=1S/C14H16ClN3O3/c1-18(14(21)11-6-7-12(19)17-11)8-13(20)16-10-5-3-2-4-9(10)15/h2-5,11H,6-8H2,1H3,(H,16,20)(H,17,19)/t11-/m1/s1. The minimum absolute atomic E-state index is 0.101. The quantitative estimate of drug-likeness (QED) is 0.871. The van der Waals surface area contributed by atoms with E-state index in [-0.39, 0.29) is 24.3 Å². The Balaban J connectivity index is 1.89. The number of rotatable bonds is 4. The van der Waals surface area contributed by atoms with Crippen molar-refractivity contribution in [2.75, 3.05) is 18.9 Å². The second-order valence-electron chi connectivity index (χ2n) is 4.88. The number of carbonyl (C=O) groups is 3. The Morgan fingerprint density at radius 3 is 2.76 bits per heavy atom. The van der Waals surface area contributed by atoms with Crippen molar-refractivity contribution in [3.63, 3.8) is 0 Å². The maximum absolute atomic E-state index is 12.1. The number of anilines is 1. The number of benzene rings is 1. The van der Waals surface area contributed by atoms with Crippen LogP contribution < -0.4 is 10.6 Å². The largest absolute Gasteiger partial charge is 0.344 e. The molecular weight excluding hydrogens is 294 g/mol. The SMILES string of the molecule is CN(CC(=O)Nc1ccccc1Cl)C(=O)[C@H]1CCC(=O)N1. The summed E-state index contributed by atoms with van der Waals surface area (Å²) in [6, 6.07) is 6.33. The summed E-state index contributed by atoms with van der Waals surface area (Å²) in [5.41, 5.74) is 0.499. The van der Waals surface area contributed by atoms with Gasteiger partial charge in [0, 0.05) is 13.5 Å². The van der Waals surface area contributed by atoms with Gasteiger partial charge in [-0.15, -0.1) is 0 Å². The summed E-state index contributed by atoms with van der Waals surface area (Å²) in [4.78, 5) is 36.4. The van der Waals surface area contributed by atoms with Gasteiger partial charge in [0.2, 0.25) is 17.7 Å². The van der Waals surface area contributed by atoms with Crippen molar-refractivity contribution in [2.45, 2.75) is 18.9 Å². The highest BCUT2D eigenvalue weighted by Crippen LogP contribution is 2.20. The minimum Gasteiger partial charge on any atom is -0.344 e. The summed E-state index contributed by atoms with van der Waals surface area (Å²) >= 11 is 5.94. The zero-order chi connectivity index (χ0) is 15.4. The molecule has 3 amide bonds. The van der Waals surface area contributed by atoms with Crippen LogP contribution in [0, 0.1) is 0 Å². The number of carbonyl (C=O) groups excluding carboxylic acids is 3. The van der Waals surface area contributed by atoms with E-state index < -0.39 is 6.04 Å². The number of likely N-dealkylation sites (N-methyl/N-ethyl adjacent to an activating group) is 1. The Hall–Kier alpha value is -2.08. The fraction of sp³-hybridized carbons (Fsp3) is 0.357. The van der Waals surface area contributed by atoms with Crippen molar-refractivity contribution in [3.05, 3.63) is 29.3 Å². The highest BCUT2D eigenvalue weighted by molar-refractivity contribution is 6.33. The molecule has 21 heavy (non-hydrogen) atoms. The van der Waals surface area contributed by atoms with Crippen molar-refractivity contribution in [2.24, 2.45) is 0 Å². The van der Waals surface area contributed by atoms with Crippen LogP contribution in [0.2, 0.25) is 5.02 Å². The fourth-order valence-electron chi connectivity index (χ4n) is 2.11. The molecule has 1 aromatic carbocycles. The van der Waals surface area contributed by atoms with E-state index in [1.54, 1.807) is 24.3 Å². The lowest BCUT2D eigenvalue weighted by Gasteiger charge is -2.20. The Morgan fingerprint density at radius 2 is 2.14 bits per heavy atom. The van der Waals surface area contributed by atoms with Gasteiger partial charge in [0.25, 0.3) is 0 Å². The maximum Gasteiger partial charge on any atom is 0.245 e. The lowest BCUT2D eigenvalue weighted by atomic mass is 10.2. The average Bonchev–Trinajstić information content (AvgIpc) is 2.87. The lowest BCUT2D eigenvalue weighted by Crippen LogP contribution is -2.45. The molecule has 112 valence electrons. The number of hydrogen-bond donors (Lipinski definition) is 2. The minimum atomic E-state index is -0.532. The van der Waals surface area contributed by atoms with Crippen LogP contribution in [0.4, 0.5) is 5.69 Å². The molecule has 1 heterocycles. The Morgan fingerprint density at radius 1 is 1.43 bits per heavy atom. The van der Waals surface area contributed by atoms with Crippen molar-refractivity contribution in [1.82, 2.24) is 10.2 Å². The highest BCUT2D eigenvalue weighted by Gasteiger charge is 2.29. The van der Waals surface area contributed by atoms with Gasteiger partial charge >= 0.3 is 0 Å². The third kappa shape index (κ3) is 3.95. The number of hydrogen-bond acceptors (Lipinski definition) is 3. The monoisotopic (exact) mass is 309 g/mol. The van der Waals surface area contributed by atoms with Gasteiger partial charge in [-0.3, -0.25) is 14.4 Å². The fourth-order valence-corrected chi connectivity index (χ4v) is 2.29. The molecule has 1 aromatic rings. The number of para-hydroxylation sites is 1. The molecule has 1 aliphatic rings. The smallest absolute Gasteiger partial charge is 0.245 e. The predicted molar refractivity (Wildman–Crippen MR) is 78.9 cm³/mol. The predicted octanol–water partition coefficient (Wildman–Crippen LogP) is 1.02. The van der Waals surface area contributed by atoms with E-state index >= 15 is 0 Å². The van der Waals surface area contributed by atoms with Gasteiger partial charge in [0.05, 0.1) is 17.3 Å². The van der Waals surface area contributed by atoms with E-state index in [2.05, 4.69) is 10.6 Å². The molecule has 2 N–H and O–H groups in total. The zero-order valence-electron chi connectivity index (χ0n) is 11.6. The summed E-state index contributed by atoms with van der Waals surface area (Å²) in [6.07, 6.45) is 0.810. The van der Waals surface area contributed by atoms with Crippen molar-refractivity contribution >= 4 is 35.0 Å². The van der Waals surface area contributed by atoms with Crippen LogP contribution in [0.5, 0.6) is 0 Å². The molecule has 6 nitrogen and oxygen atoms in total. The second kappa shape index (κ2) is 6.58. The number of amides is 3. The lowest BCUT2D eigenvalue weighted by molar-refractivity contribution is -0.135. The first kappa shape index (κ1) is 15.3. The third-order valence-electron chi connectivity index (χ3n) is 3.20. The summed E-state index contributed by atoms with van der Waals surface area (Å²) in [5, 5.41) is 5.66. The average molecular weight is 310 g/mol. The summed E-state index contributed by atoms with van der Waals surface area (Å²) in [7, 11) is 1.53. The molecule has 7 heteroatoms. The van der Waals surface area contributed by atoms with Crippen LogP contribution in [0.25, 0.3) is 0 Å². The molecule has 0 radical (unpaired) electrons. The van der Waals surface area contributed by atoms with Crippen LogP contribution in [-0.2, 0) is 14.4 Å².